The third-order valence-corrected chi connectivity index (χ3v) is 3.72. The monoisotopic (exact) mass is 259 g/mol. The van der Waals surface area contributed by atoms with Crippen molar-refractivity contribution in [3.63, 3.8) is 0 Å². The summed E-state index contributed by atoms with van der Waals surface area (Å²) in [5, 5.41) is 8.96. The minimum absolute atomic E-state index is 0.00842. The van der Waals surface area contributed by atoms with E-state index in [0.717, 1.165) is 24.3 Å². The molecule has 0 spiro atoms. The summed E-state index contributed by atoms with van der Waals surface area (Å²) in [5.41, 5.74) is 3.24. The predicted octanol–water partition coefficient (Wildman–Crippen LogP) is 1.12. The van der Waals surface area contributed by atoms with Crippen molar-refractivity contribution in [2.45, 2.75) is 19.3 Å². The highest BCUT2D eigenvalue weighted by Gasteiger charge is 2.24. The first kappa shape index (κ1) is 12.0. The van der Waals surface area contributed by atoms with Gasteiger partial charge in [-0.1, -0.05) is 0 Å². The number of hydrogen-bond donors (Lipinski definition) is 3. The van der Waals surface area contributed by atoms with Gasteiger partial charge in [0.1, 0.15) is 0 Å². The van der Waals surface area contributed by atoms with Crippen LogP contribution in [-0.4, -0.2) is 24.9 Å². The Labute approximate surface area is 111 Å². The van der Waals surface area contributed by atoms with Gasteiger partial charge in [0, 0.05) is 30.9 Å². The molecule has 5 nitrogen and oxygen atoms in total. The molecule has 1 fully saturated rings. The zero-order valence-corrected chi connectivity index (χ0v) is 10.7. The van der Waals surface area contributed by atoms with Crippen molar-refractivity contribution in [1.82, 2.24) is 5.32 Å². The normalized spacial score (nSPS) is 21.3. The second kappa shape index (κ2) is 4.91. The van der Waals surface area contributed by atoms with E-state index in [4.69, 9.17) is 0 Å². The van der Waals surface area contributed by atoms with Crippen LogP contribution >= 0.6 is 0 Å². The number of nitrogens with one attached hydrogen (secondary N) is 3. The molecule has 19 heavy (non-hydrogen) atoms. The van der Waals surface area contributed by atoms with Gasteiger partial charge in [-0.05, 0) is 36.6 Å². The van der Waals surface area contributed by atoms with Crippen LogP contribution in [-0.2, 0) is 16.0 Å². The first-order valence-electron chi connectivity index (χ1n) is 6.67. The Morgan fingerprint density at radius 3 is 2.95 bits per heavy atom. The van der Waals surface area contributed by atoms with E-state index in [-0.39, 0.29) is 17.7 Å². The van der Waals surface area contributed by atoms with Crippen LogP contribution in [0.2, 0.25) is 0 Å². The molecule has 3 rings (SSSR count). The van der Waals surface area contributed by atoms with Crippen LogP contribution in [0.4, 0.5) is 11.4 Å². The molecular formula is C14H17N3O2. The zero-order chi connectivity index (χ0) is 13.2. The van der Waals surface area contributed by atoms with Gasteiger partial charge in [-0.25, -0.2) is 0 Å². The van der Waals surface area contributed by atoms with Crippen molar-refractivity contribution < 1.29 is 9.59 Å². The van der Waals surface area contributed by atoms with Gasteiger partial charge in [-0.15, -0.1) is 0 Å². The van der Waals surface area contributed by atoms with Crippen LogP contribution in [0.5, 0.6) is 0 Å². The Kier molecular flexibility index (Phi) is 3.11. The molecule has 0 aliphatic carbocycles. The number of piperidine rings is 1. The summed E-state index contributed by atoms with van der Waals surface area (Å²) < 4.78 is 0. The number of hydrogen-bond acceptors (Lipinski definition) is 3. The van der Waals surface area contributed by atoms with E-state index in [0.29, 0.717) is 19.4 Å². The number of rotatable bonds is 2. The summed E-state index contributed by atoms with van der Waals surface area (Å²) in [5.74, 6) is -0.0948. The van der Waals surface area contributed by atoms with Crippen LogP contribution in [0.15, 0.2) is 18.2 Å². The van der Waals surface area contributed by atoms with Gasteiger partial charge in [0.05, 0.1) is 5.92 Å². The Balaban J connectivity index is 1.64. The van der Waals surface area contributed by atoms with Crippen molar-refractivity contribution in [3.8, 4) is 0 Å². The number of fused-ring (bicyclic) bond motifs is 1. The van der Waals surface area contributed by atoms with Crippen LogP contribution in [0.3, 0.4) is 0 Å². The Hall–Kier alpha value is -2.04. The quantitative estimate of drug-likeness (QED) is 0.745. The molecule has 1 aromatic rings. The lowest BCUT2D eigenvalue weighted by molar-refractivity contribution is -0.126. The number of carbonyl (C=O) groups excluding carboxylic acids is 2. The van der Waals surface area contributed by atoms with E-state index in [1.807, 2.05) is 18.2 Å². The SMILES string of the molecule is O=C1CCC(C(=O)Nc2ccc3c(c2)CCN3)CN1. The molecule has 100 valence electrons. The third-order valence-electron chi connectivity index (χ3n) is 3.72. The molecule has 5 heteroatoms. The minimum atomic E-state index is -0.121. The van der Waals surface area contributed by atoms with E-state index in [2.05, 4.69) is 16.0 Å². The van der Waals surface area contributed by atoms with Crippen LogP contribution < -0.4 is 16.0 Å². The van der Waals surface area contributed by atoms with Gasteiger partial charge >= 0.3 is 0 Å². The molecule has 1 aromatic carbocycles. The smallest absolute Gasteiger partial charge is 0.229 e. The Bertz CT molecular complexity index is 517. The molecule has 2 amide bonds. The second-order valence-corrected chi connectivity index (χ2v) is 5.08. The average molecular weight is 259 g/mol. The fourth-order valence-corrected chi connectivity index (χ4v) is 2.58. The summed E-state index contributed by atoms with van der Waals surface area (Å²) >= 11 is 0. The topological polar surface area (TPSA) is 70.2 Å². The van der Waals surface area contributed by atoms with Crippen molar-refractivity contribution in [2.75, 3.05) is 23.7 Å². The highest BCUT2D eigenvalue weighted by Crippen LogP contribution is 2.25. The fourth-order valence-electron chi connectivity index (χ4n) is 2.58. The van der Waals surface area contributed by atoms with E-state index in [1.54, 1.807) is 0 Å². The molecule has 2 heterocycles. The lowest BCUT2D eigenvalue weighted by Gasteiger charge is -2.21. The fraction of sp³-hybridized carbons (Fsp3) is 0.429. The van der Waals surface area contributed by atoms with Crippen molar-refractivity contribution >= 4 is 23.2 Å². The zero-order valence-electron chi connectivity index (χ0n) is 10.7. The molecule has 2 aliphatic rings. The Morgan fingerprint density at radius 2 is 2.16 bits per heavy atom. The summed E-state index contributed by atoms with van der Waals surface area (Å²) in [7, 11) is 0. The van der Waals surface area contributed by atoms with Crippen LogP contribution in [0.25, 0.3) is 0 Å². The number of benzene rings is 1. The maximum Gasteiger partial charge on any atom is 0.229 e. The maximum atomic E-state index is 12.1. The van der Waals surface area contributed by atoms with Crippen LogP contribution in [0, 0.1) is 5.92 Å². The van der Waals surface area contributed by atoms with Crippen molar-refractivity contribution in [3.05, 3.63) is 23.8 Å². The average Bonchev–Trinajstić information content (AvgIpc) is 2.87. The number of anilines is 2. The number of amides is 2. The molecule has 1 unspecified atom stereocenters. The summed E-state index contributed by atoms with van der Waals surface area (Å²) in [6, 6.07) is 5.94. The Morgan fingerprint density at radius 1 is 1.26 bits per heavy atom. The van der Waals surface area contributed by atoms with Gasteiger partial charge in [-0.3, -0.25) is 9.59 Å². The van der Waals surface area contributed by atoms with Crippen molar-refractivity contribution in [2.24, 2.45) is 5.92 Å². The largest absolute Gasteiger partial charge is 0.384 e. The van der Waals surface area contributed by atoms with E-state index in [9.17, 15) is 9.59 Å². The molecule has 3 N–H and O–H groups in total. The molecular weight excluding hydrogens is 242 g/mol. The van der Waals surface area contributed by atoms with Gasteiger partial charge in [0.15, 0.2) is 0 Å². The van der Waals surface area contributed by atoms with Crippen molar-refractivity contribution in [1.29, 1.82) is 0 Å². The molecule has 0 bridgehead atoms. The molecule has 2 aliphatic heterocycles. The lowest BCUT2D eigenvalue weighted by atomic mass is 9.98. The molecule has 0 aromatic heterocycles. The minimum Gasteiger partial charge on any atom is -0.384 e. The van der Waals surface area contributed by atoms with Gasteiger partial charge in [0.25, 0.3) is 0 Å². The molecule has 1 atom stereocenters. The molecule has 0 saturated carbocycles. The maximum absolute atomic E-state index is 12.1. The second-order valence-electron chi connectivity index (χ2n) is 5.08. The van der Waals surface area contributed by atoms with E-state index >= 15 is 0 Å². The summed E-state index contributed by atoms with van der Waals surface area (Å²) in [6.07, 6.45) is 2.06. The molecule has 0 radical (unpaired) electrons. The first-order chi connectivity index (χ1) is 9.22. The van der Waals surface area contributed by atoms with E-state index in [1.165, 1.54) is 5.56 Å². The highest BCUT2D eigenvalue weighted by molar-refractivity contribution is 5.94. The van der Waals surface area contributed by atoms with Gasteiger partial charge < -0.3 is 16.0 Å². The highest BCUT2D eigenvalue weighted by atomic mass is 16.2. The summed E-state index contributed by atoms with van der Waals surface area (Å²) in [4.78, 5) is 23.2. The number of carbonyl (C=O) groups is 2. The lowest BCUT2D eigenvalue weighted by Crippen LogP contribution is -2.40. The van der Waals surface area contributed by atoms with Gasteiger partial charge in [-0.2, -0.15) is 0 Å². The standard InChI is InChI=1S/C14H17N3O2/c18-13-4-1-10(8-16-13)14(19)17-11-2-3-12-9(7-11)5-6-15-12/h2-3,7,10,15H,1,4-6,8H2,(H,16,18)(H,17,19). The first-order valence-corrected chi connectivity index (χ1v) is 6.67. The van der Waals surface area contributed by atoms with Gasteiger partial charge in [0.2, 0.25) is 11.8 Å². The predicted molar refractivity (Wildman–Crippen MR) is 73.0 cm³/mol. The molecule has 1 saturated heterocycles. The summed E-state index contributed by atoms with van der Waals surface area (Å²) in [6.45, 7) is 1.40. The van der Waals surface area contributed by atoms with Crippen LogP contribution in [0.1, 0.15) is 18.4 Å². The third kappa shape index (κ3) is 2.54. The van der Waals surface area contributed by atoms with E-state index < -0.39 is 0 Å².